The van der Waals surface area contributed by atoms with Crippen LogP contribution in [0.4, 0.5) is 10.1 Å². The fraction of sp³-hybridized carbons (Fsp3) is 0.562. The number of aliphatic imine (C=N–C) groups is 1. The van der Waals surface area contributed by atoms with Crippen molar-refractivity contribution in [1.82, 2.24) is 4.90 Å². The summed E-state index contributed by atoms with van der Waals surface area (Å²) in [6.45, 7) is 6.42. The van der Waals surface area contributed by atoms with Gasteiger partial charge in [-0.25, -0.2) is 12.8 Å². The zero-order valence-corrected chi connectivity index (χ0v) is 15.0. The van der Waals surface area contributed by atoms with Crippen LogP contribution in [0.1, 0.15) is 13.8 Å². The zero-order chi connectivity index (χ0) is 17.7. The molecule has 1 aromatic rings. The molecule has 1 aliphatic rings. The lowest BCUT2D eigenvalue weighted by Gasteiger charge is -2.36. The summed E-state index contributed by atoms with van der Waals surface area (Å²) < 4.78 is 36.5. The van der Waals surface area contributed by atoms with Crippen LogP contribution in [0.5, 0.6) is 0 Å². The second kappa shape index (κ2) is 7.83. The van der Waals surface area contributed by atoms with Gasteiger partial charge in [0.1, 0.15) is 5.82 Å². The third-order valence-electron chi connectivity index (χ3n) is 4.16. The molecule has 0 amide bonds. The van der Waals surface area contributed by atoms with E-state index in [-0.39, 0.29) is 18.1 Å². The highest BCUT2D eigenvalue weighted by molar-refractivity contribution is 7.92. The van der Waals surface area contributed by atoms with Crippen LogP contribution in [0.25, 0.3) is 0 Å². The summed E-state index contributed by atoms with van der Waals surface area (Å²) in [6, 6.07) is 6.43. The first-order valence-corrected chi connectivity index (χ1v) is 9.78. The van der Waals surface area contributed by atoms with E-state index in [1.807, 2.05) is 4.90 Å². The Morgan fingerprint density at radius 2 is 1.79 bits per heavy atom. The Bertz CT molecular complexity index is 666. The van der Waals surface area contributed by atoms with Crippen LogP contribution in [-0.4, -0.2) is 63.0 Å². The number of rotatable bonds is 5. The zero-order valence-electron chi connectivity index (χ0n) is 14.2. The molecule has 2 N–H and O–H groups in total. The molecular formula is C16H25FN4O2S. The van der Waals surface area contributed by atoms with Gasteiger partial charge in [-0.05, 0) is 38.1 Å². The fourth-order valence-corrected chi connectivity index (χ4v) is 3.29. The van der Waals surface area contributed by atoms with E-state index in [2.05, 4.69) is 9.89 Å². The Balaban J connectivity index is 1.85. The van der Waals surface area contributed by atoms with Gasteiger partial charge in [-0.15, -0.1) is 0 Å². The van der Waals surface area contributed by atoms with Crippen LogP contribution in [0.3, 0.4) is 0 Å². The predicted octanol–water partition coefficient (Wildman–Crippen LogP) is 1.09. The molecule has 1 heterocycles. The molecular weight excluding hydrogens is 331 g/mol. The van der Waals surface area contributed by atoms with Crippen LogP contribution in [0.15, 0.2) is 29.3 Å². The number of hydrogen-bond donors (Lipinski definition) is 1. The Labute approximate surface area is 143 Å². The molecule has 134 valence electrons. The van der Waals surface area contributed by atoms with E-state index in [0.717, 1.165) is 18.8 Å². The maximum absolute atomic E-state index is 13.0. The quantitative estimate of drug-likeness (QED) is 0.631. The average molecular weight is 356 g/mol. The largest absolute Gasteiger partial charge is 0.370 e. The second-order valence-corrected chi connectivity index (χ2v) is 8.78. The molecule has 0 radical (unpaired) electrons. The van der Waals surface area contributed by atoms with Gasteiger partial charge in [-0.3, -0.25) is 4.99 Å². The van der Waals surface area contributed by atoms with Crippen molar-refractivity contribution in [3.8, 4) is 0 Å². The number of sulfone groups is 1. The molecule has 1 aliphatic heterocycles. The molecule has 1 fully saturated rings. The molecule has 24 heavy (non-hydrogen) atoms. The van der Waals surface area contributed by atoms with Gasteiger partial charge in [-0.1, -0.05) is 0 Å². The highest BCUT2D eigenvalue weighted by Crippen LogP contribution is 2.16. The van der Waals surface area contributed by atoms with Gasteiger partial charge in [0.15, 0.2) is 15.8 Å². The SMILES string of the molecule is CC(C)S(=O)(=O)CCN=C(N)N1CCN(c2ccc(F)cc2)CC1. The van der Waals surface area contributed by atoms with Crippen LogP contribution in [0, 0.1) is 5.82 Å². The standard InChI is InChI=1S/C16H25FN4O2S/c1-13(2)24(22,23)12-7-19-16(18)21-10-8-20(9-11-21)15-5-3-14(17)4-6-15/h3-6,13H,7-12H2,1-2H3,(H2,18,19). The summed E-state index contributed by atoms with van der Waals surface area (Å²) >= 11 is 0. The van der Waals surface area contributed by atoms with Crippen LogP contribution >= 0.6 is 0 Å². The number of nitrogens with zero attached hydrogens (tertiary/aromatic N) is 3. The van der Waals surface area contributed by atoms with E-state index in [0.29, 0.717) is 19.0 Å². The highest BCUT2D eigenvalue weighted by Gasteiger charge is 2.19. The number of guanidine groups is 1. The summed E-state index contributed by atoms with van der Waals surface area (Å²) in [6.07, 6.45) is 0. The van der Waals surface area contributed by atoms with Crippen molar-refractivity contribution in [2.75, 3.05) is 43.4 Å². The lowest BCUT2D eigenvalue weighted by Crippen LogP contribution is -2.51. The van der Waals surface area contributed by atoms with E-state index in [1.54, 1.807) is 26.0 Å². The molecule has 0 aromatic heterocycles. The number of piperazine rings is 1. The first-order chi connectivity index (χ1) is 11.3. The van der Waals surface area contributed by atoms with Crippen molar-refractivity contribution in [2.24, 2.45) is 10.7 Å². The van der Waals surface area contributed by atoms with Gasteiger partial charge in [0, 0.05) is 31.9 Å². The number of nitrogens with two attached hydrogens (primary N) is 1. The average Bonchev–Trinajstić information content (AvgIpc) is 2.55. The Morgan fingerprint density at radius 1 is 1.21 bits per heavy atom. The lowest BCUT2D eigenvalue weighted by molar-refractivity contribution is 0.381. The third-order valence-corrected chi connectivity index (χ3v) is 6.35. The molecule has 0 bridgehead atoms. The minimum atomic E-state index is -3.09. The number of anilines is 1. The van der Waals surface area contributed by atoms with Gasteiger partial charge in [-0.2, -0.15) is 0 Å². The Kier molecular flexibility index (Phi) is 6.04. The van der Waals surface area contributed by atoms with E-state index in [1.165, 1.54) is 12.1 Å². The smallest absolute Gasteiger partial charge is 0.191 e. The lowest BCUT2D eigenvalue weighted by atomic mass is 10.2. The van der Waals surface area contributed by atoms with Gasteiger partial charge in [0.2, 0.25) is 0 Å². The van der Waals surface area contributed by atoms with E-state index >= 15 is 0 Å². The molecule has 8 heteroatoms. The van der Waals surface area contributed by atoms with E-state index < -0.39 is 15.1 Å². The number of halogens is 1. The summed E-state index contributed by atoms with van der Waals surface area (Å²) in [7, 11) is -3.09. The monoisotopic (exact) mass is 356 g/mol. The van der Waals surface area contributed by atoms with Crippen molar-refractivity contribution in [1.29, 1.82) is 0 Å². The maximum atomic E-state index is 13.0. The van der Waals surface area contributed by atoms with Crippen molar-refractivity contribution in [3.05, 3.63) is 30.1 Å². The number of benzene rings is 1. The normalized spacial score (nSPS) is 16.8. The van der Waals surface area contributed by atoms with Crippen molar-refractivity contribution in [3.63, 3.8) is 0 Å². The first kappa shape index (κ1) is 18.5. The summed E-state index contributed by atoms with van der Waals surface area (Å²) in [4.78, 5) is 8.30. The molecule has 1 aromatic carbocycles. The molecule has 0 aliphatic carbocycles. The van der Waals surface area contributed by atoms with Gasteiger partial charge < -0.3 is 15.5 Å². The first-order valence-electron chi connectivity index (χ1n) is 8.06. The molecule has 2 rings (SSSR count). The number of hydrogen-bond acceptors (Lipinski definition) is 4. The minimum Gasteiger partial charge on any atom is -0.370 e. The third kappa shape index (κ3) is 4.83. The van der Waals surface area contributed by atoms with Crippen molar-refractivity contribution >= 4 is 21.5 Å². The summed E-state index contributed by atoms with van der Waals surface area (Å²) in [5, 5.41) is -0.395. The van der Waals surface area contributed by atoms with Crippen LogP contribution < -0.4 is 10.6 Å². The Morgan fingerprint density at radius 3 is 2.33 bits per heavy atom. The molecule has 0 unspecified atom stereocenters. The topological polar surface area (TPSA) is 79.0 Å². The van der Waals surface area contributed by atoms with E-state index in [9.17, 15) is 12.8 Å². The second-order valence-electron chi connectivity index (χ2n) is 6.11. The molecule has 6 nitrogen and oxygen atoms in total. The molecule has 0 atom stereocenters. The van der Waals surface area contributed by atoms with Crippen molar-refractivity contribution in [2.45, 2.75) is 19.1 Å². The summed E-state index contributed by atoms with van der Waals surface area (Å²) in [5.41, 5.74) is 6.95. The molecule has 1 saturated heterocycles. The Hall–Kier alpha value is -1.83. The highest BCUT2D eigenvalue weighted by atomic mass is 32.2. The van der Waals surface area contributed by atoms with Crippen molar-refractivity contribution < 1.29 is 12.8 Å². The summed E-state index contributed by atoms with van der Waals surface area (Å²) in [5.74, 6) is 0.152. The molecule has 0 spiro atoms. The maximum Gasteiger partial charge on any atom is 0.191 e. The van der Waals surface area contributed by atoms with Gasteiger partial charge >= 0.3 is 0 Å². The van der Waals surface area contributed by atoms with E-state index in [4.69, 9.17) is 5.73 Å². The molecule has 0 saturated carbocycles. The fourth-order valence-electron chi connectivity index (χ4n) is 2.47. The minimum absolute atomic E-state index is 0.0148. The van der Waals surface area contributed by atoms with Crippen LogP contribution in [0.2, 0.25) is 0 Å². The predicted molar refractivity (Wildman–Crippen MR) is 95.6 cm³/mol. The van der Waals surface area contributed by atoms with Gasteiger partial charge in [0.05, 0.1) is 17.5 Å². The van der Waals surface area contributed by atoms with Crippen LogP contribution in [-0.2, 0) is 9.84 Å². The van der Waals surface area contributed by atoms with Gasteiger partial charge in [0.25, 0.3) is 0 Å².